The summed E-state index contributed by atoms with van der Waals surface area (Å²) in [5.41, 5.74) is 1.85. The largest absolute Gasteiger partial charge is 0.380 e. The van der Waals surface area contributed by atoms with Crippen molar-refractivity contribution in [3.8, 4) is 0 Å². The van der Waals surface area contributed by atoms with Gasteiger partial charge in [-0.1, -0.05) is 19.9 Å². The van der Waals surface area contributed by atoms with Crippen LogP contribution in [0.15, 0.2) is 18.3 Å². The van der Waals surface area contributed by atoms with Crippen LogP contribution in [0, 0.1) is 11.3 Å². The number of pyridine rings is 1. The van der Waals surface area contributed by atoms with Gasteiger partial charge in [0.2, 0.25) is 0 Å². The highest BCUT2D eigenvalue weighted by Gasteiger charge is 2.49. The number of hydrogen-bond donors (Lipinski definition) is 0. The summed E-state index contributed by atoms with van der Waals surface area (Å²) in [5, 5.41) is 0. The Morgan fingerprint density at radius 2 is 2.18 bits per heavy atom. The molecule has 92 valence electrons. The van der Waals surface area contributed by atoms with Crippen LogP contribution in [0.1, 0.15) is 19.4 Å². The van der Waals surface area contributed by atoms with Gasteiger partial charge in [-0.15, -0.1) is 0 Å². The lowest BCUT2D eigenvalue weighted by Gasteiger charge is -2.55. The molecule has 2 fully saturated rings. The minimum atomic E-state index is 0.465. The van der Waals surface area contributed by atoms with Gasteiger partial charge in [-0.05, 0) is 24.0 Å². The standard InChI is InChI=1S/C14H20N2O/c1-11(2)6-12-4-3-5-15-13(12)16-7-14(8-16)9-17-10-14/h3-5,11H,6-10H2,1-2H3. The smallest absolute Gasteiger partial charge is 0.131 e. The minimum absolute atomic E-state index is 0.465. The van der Waals surface area contributed by atoms with E-state index in [0.29, 0.717) is 11.3 Å². The summed E-state index contributed by atoms with van der Waals surface area (Å²) in [6, 6.07) is 4.26. The third-order valence-corrected chi connectivity index (χ3v) is 3.66. The van der Waals surface area contributed by atoms with Crippen molar-refractivity contribution in [2.24, 2.45) is 11.3 Å². The maximum Gasteiger partial charge on any atom is 0.131 e. The molecule has 3 nitrogen and oxygen atoms in total. The molecule has 0 unspecified atom stereocenters. The predicted molar refractivity (Wildman–Crippen MR) is 68.2 cm³/mol. The monoisotopic (exact) mass is 232 g/mol. The number of anilines is 1. The summed E-state index contributed by atoms with van der Waals surface area (Å²) < 4.78 is 5.31. The van der Waals surface area contributed by atoms with Gasteiger partial charge in [0.25, 0.3) is 0 Å². The Hall–Kier alpha value is -1.09. The lowest BCUT2D eigenvalue weighted by Crippen LogP contribution is -2.66. The van der Waals surface area contributed by atoms with Gasteiger partial charge >= 0.3 is 0 Å². The fourth-order valence-electron chi connectivity index (χ4n) is 2.80. The number of hydrogen-bond acceptors (Lipinski definition) is 3. The van der Waals surface area contributed by atoms with Gasteiger partial charge in [0, 0.05) is 19.3 Å². The summed E-state index contributed by atoms with van der Waals surface area (Å²) in [6.07, 6.45) is 3.02. The molecule has 0 atom stereocenters. The van der Waals surface area contributed by atoms with Crippen LogP contribution in [0.2, 0.25) is 0 Å². The first-order valence-electron chi connectivity index (χ1n) is 6.45. The average Bonchev–Trinajstić information content (AvgIpc) is 2.15. The first-order valence-corrected chi connectivity index (χ1v) is 6.45. The van der Waals surface area contributed by atoms with Gasteiger partial charge in [0.1, 0.15) is 5.82 Å². The van der Waals surface area contributed by atoms with Crippen LogP contribution >= 0.6 is 0 Å². The molecular weight excluding hydrogens is 212 g/mol. The van der Waals surface area contributed by atoms with Crippen molar-refractivity contribution < 1.29 is 4.74 Å². The molecular formula is C14H20N2O. The quantitative estimate of drug-likeness (QED) is 0.798. The molecule has 3 rings (SSSR count). The van der Waals surface area contributed by atoms with E-state index in [1.807, 2.05) is 12.3 Å². The third kappa shape index (κ3) is 1.93. The van der Waals surface area contributed by atoms with E-state index < -0.39 is 0 Å². The average molecular weight is 232 g/mol. The zero-order valence-electron chi connectivity index (χ0n) is 10.6. The fourth-order valence-corrected chi connectivity index (χ4v) is 2.80. The van der Waals surface area contributed by atoms with Crippen LogP contribution in [0.4, 0.5) is 5.82 Å². The fraction of sp³-hybridized carbons (Fsp3) is 0.643. The molecule has 2 aliphatic heterocycles. The minimum Gasteiger partial charge on any atom is -0.380 e. The van der Waals surface area contributed by atoms with E-state index in [0.717, 1.165) is 32.7 Å². The zero-order chi connectivity index (χ0) is 11.9. The molecule has 3 heterocycles. The summed E-state index contributed by atoms with van der Waals surface area (Å²) in [6.45, 7) is 8.64. The molecule has 1 aromatic rings. The molecule has 0 aliphatic carbocycles. The molecule has 0 radical (unpaired) electrons. The van der Waals surface area contributed by atoms with E-state index >= 15 is 0 Å². The maximum atomic E-state index is 5.31. The molecule has 0 bridgehead atoms. The number of nitrogens with zero attached hydrogens (tertiary/aromatic N) is 2. The van der Waals surface area contributed by atoms with Crippen molar-refractivity contribution in [3.05, 3.63) is 23.9 Å². The highest BCUT2D eigenvalue weighted by Crippen LogP contribution is 2.40. The Kier molecular flexibility index (Phi) is 2.58. The van der Waals surface area contributed by atoms with Gasteiger partial charge in [-0.3, -0.25) is 0 Å². The third-order valence-electron chi connectivity index (χ3n) is 3.66. The van der Waals surface area contributed by atoms with E-state index in [4.69, 9.17) is 4.74 Å². The second kappa shape index (κ2) is 3.98. The van der Waals surface area contributed by atoms with Gasteiger partial charge in [-0.25, -0.2) is 4.98 Å². The van der Waals surface area contributed by atoms with Crippen molar-refractivity contribution in [3.63, 3.8) is 0 Å². The predicted octanol–water partition coefficient (Wildman–Crippen LogP) is 2.12. The molecule has 0 saturated carbocycles. The Balaban J connectivity index is 1.74. The Bertz CT molecular complexity index is 404. The van der Waals surface area contributed by atoms with Crippen molar-refractivity contribution in [1.29, 1.82) is 0 Å². The Morgan fingerprint density at radius 1 is 1.41 bits per heavy atom. The second-order valence-corrected chi connectivity index (χ2v) is 5.93. The highest BCUT2D eigenvalue weighted by molar-refractivity contribution is 5.50. The lowest BCUT2D eigenvalue weighted by atomic mass is 9.78. The van der Waals surface area contributed by atoms with Crippen LogP contribution in [-0.2, 0) is 11.2 Å². The number of rotatable bonds is 3. The van der Waals surface area contributed by atoms with E-state index in [1.165, 1.54) is 11.4 Å². The topological polar surface area (TPSA) is 25.4 Å². The van der Waals surface area contributed by atoms with Gasteiger partial charge in [0.15, 0.2) is 0 Å². The maximum absolute atomic E-state index is 5.31. The SMILES string of the molecule is CC(C)Cc1cccnc1N1CC2(COC2)C1. The van der Waals surface area contributed by atoms with Crippen LogP contribution in [0.5, 0.6) is 0 Å². The molecule has 0 N–H and O–H groups in total. The first-order chi connectivity index (χ1) is 8.19. The zero-order valence-corrected chi connectivity index (χ0v) is 10.6. The van der Waals surface area contributed by atoms with Crippen molar-refractivity contribution in [1.82, 2.24) is 4.98 Å². The van der Waals surface area contributed by atoms with Crippen molar-refractivity contribution in [2.75, 3.05) is 31.2 Å². The van der Waals surface area contributed by atoms with E-state index in [2.05, 4.69) is 29.8 Å². The van der Waals surface area contributed by atoms with Gasteiger partial charge < -0.3 is 9.64 Å². The first kappa shape index (κ1) is 11.0. The summed E-state index contributed by atoms with van der Waals surface area (Å²) in [4.78, 5) is 6.97. The van der Waals surface area contributed by atoms with E-state index in [1.54, 1.807) is 0 Å². The van der Waals surface area contributed by atoms with E-state index in [-0.39, 0.29) is 0 Å². The molecule has 0 amide bonds. The molecule has 1 aromatic heterocycles. The molecule has 3 heteroatoms. The number of aromatic nitrogens is 1. The molecule has 0 aromatic carbocycles. The number of ether oxygens (including phenoxy) is 1. The molecule has 2 aliphatic rings. The summed E-state index contributed by atoms with van der Waals surface area (Å²) in [7, 11) is 0. The summed E-state index contributed by atoms with van der Waals surface area (Å²) >= 11 is 0. The Labute approximate surface area is 103 Å². The molecule has 17 heavy (non-hydrogen) atoms. The van der Waals surface area contributed by atoms with Crippen molar-refractivity contribution in [2.45, 2.75) is 20.3 Å². The van der Waals surface area contributed by atoms with Crippen LogP contribution < -0.4 is 4.90 Å². The van der Waals surface area contributed by atoms with Crippen LogP contribution in [0.25, 0.3) is 0 Å². The van der Waals surface area contributed by atoms with E-state index in [9.17, 15) is 0 Å². The second-order valence-electron chi connectivity index (χ2n) is 5.93. The van der Waals surface area contributed by atoms with Crippen LogP contribution in [0.3, 0.4) is 0 Å². The summed E-state index contributed by atoms with van der Waals surface area (Å²) in [5.74, 6) is 1.87. The lowest BCUT2D eigenvalue weighted by molar-refractivity contribution is -0.127. The van der Waals surface area contributed by atoms with Crippen LogP contribution in [-0.4, -0.2) is 31.3 Å². The van der Waals surface area contributed by atoms with Gasteiger partial charge in [0.05, 0.1) is 18.6 Å². The molecule has 1 spiro atoms. The van der Waals surface area contributed by atoms with Gasteiger partial charge in [-0.2, -0.15) is 0 Å². The Morgan fingerprint density at radius 3 is 2.76 bits per heavy atom. The molecule has 2 saturated heterocycles. The van der Waals surface area contributed by atoms with Crippen molar-refractivity contribution >= 4 is 5.82 Å². The normalized spacial score (nSPS) is 21.5. The highest BCUT2D eigenvalue weighted by atomic mass is 16.5.